The highest BCUT2D eigenvalue weighted by Gasteiger charge is 2.19. The molecule has 35 heavy (non-hydrogen) atoms. The number of alkyl halides is 2. The number of rotatable bonds is 6. The normalized spacial score (nSPS) is 11.5. The van der Waals surface area contributed by atoms with E-state index in [1.165, 1.54) is 35.0 Å². The number of aryl methyl sites for hydroxylation is 1. The Morgan fingerprint density at radius 3 is 2.54 bits per heavy atom. The molecule has 178 valence electrons. The molecule has 0 aliphatic carbocycles. The zero-order valence-corrected chi connectivity index (χ0v) is 18.7. The van der Waals surface area contributed by atoms with Crippen molar-refractivity contribution in [3.05, 3.63) is 70.9 Å². The molecule has 0 atom stereocenters. The van der Waals surface area contributed by atoms with Gasteiger partial charge in [0.1, 0.15) is 16.8 Å². The van der Waals surface area contributed by atoms with E-state index in [0.717, 1.165) is 10.9 Å². The third-order valence-electron chi connectivity index (χ3n) is 5.37. The van der Waals surface area contributed by atoms with Gasteiger partial charge in [0.05, 0.1) is 16.8 Å². The lowest BCUT2D eigenvalue weighted by atomic mass is 10.1. The minimum atomic E-state index is -2.98. The third kappa shape index (κ3) is 4.16. The average Bonchev–Trinajstić information content (AvgIpc) is 3.19. The van der Waals surface area contributed by atoms with E-state index >= 15 is 0 Å². The summed E-state index contributed by atoms with van der Waals surface area (Å²) in [6, 6.07) is 12.0. The van der Waals surface area contributed by atoms with Gasteiger partial charge >= 0.3 is 6.61 Å². The highest BCUT2D eigenvalue weighted by molar-refractivity contribution is 5.92. The van der Waals surface area contributed by atoms with E-state index in [1.54, 1.807) is 43.0 Å². The smallest absolute Gasteiger partial charge is 0.387 e. The molecule has 5 aromatic rings. The molecule has 11 heteroatoms. The van der Waals surface area contributed by atoms with E-state index in [1.807, 2.05) is 0 Å². The van der Waals surface area contributed by atoms with Gasteiger partial charge in [-0.3, -0.25) is 9.48 Å². The summed E-state index contributed by atoms with van der Waals surface area (Å²) < 4.78 is 47.1. The van der Waals surface area contributed by atoms with Gasteiger partial charge in [0.15, 0.2) is 11.6 Å². The topological polar surface area (TPSA) is 86.9 Å². The number of halogens is 3. The summed E-state index contributed by atoms with van der Waals surface area (Å²) in [5.74, 6) is -0.696. The minimum absolute atomic E-state index is 0.0189. The van der Waals surface area contributed by atoms with Gasteiger partial charge in [0.2, 0.25) is 0 Å². The van der Waals surface area contributed by atoms with Crippen molar-refractivity contribution < 1.29 is 17.9 Å². The van der Waals surface area contributed by atoms with Gasteiger partial charge in [-0.25, -0.2) is 9.37 Å². The van der Waals surface area contributed by atoms with Crippen molar-refractivity contribution >= 4 is 27.8 Å². The molecule has 0 spiro atoms. The second-order valence-electron chi connectivity index (χ2n) is 7.76. The number of hydrogen-bond donors (Lipinski definition) is 1. The van der Waals surface area contributed by atoms with Gasteiger partial charge in [0, 0.05) is 31.2 Å². The van der Waals surface area contributed by atoms with E-state index < -0.39 is 18.0 Å². The first-order valence-corrected chi connectivity index (χ1v) is 10.7. The molecule has 0 amide bonds. The SMILES string of the molecule is CCNc1nc2c(-c3ccc(OC(F)F)cc3)c(=O)n(-c3ccc4nn(C)cc4c3)nc2cc1F. The van der Waals surface area contributed by atoms with Crippen molar-refractivity contribution in [2.45, 2.75) is 13.5 Å². The van der Waals surface area contributed by atoms with E-state index in [0.29, 0.717) is 17.8 Å². The Hall–Kier alpha value is -4.41. The predicted molar refractivity (Wildman–Crippen MR) is 126 cm³/mol. The van der Waals surface area contributed by atoms with E-state index in [4.69, 9.17) is 0 Å². The second kappa shape index (κ2) is 8.75. The summed E-state index contributed by atoms with van der Waals surface area (Å²) in [4.78, 5) is 18.1. The van der Waals surface area contributed by atoms with Crippen molar-refractivity contribution in [3.63, 3.8) is 0 Å². The molecule has 0 saturated carbocycles. The summed E-state index contributed by atoms with van der Waals surface area (Å²) >= 11 is 0. The van der Waals surface area contributed by atoms with Crippen LogP contribution in [-0.2, 0) is 7.05 Å². The molecule has 0 aliphatic rings. The lowest BCUT2D eigenvalue weighted by Crippen LogP contribution is -2.24. The van der Waals surface area contributed by atoms with Crippen LogP contribution in [0.3, 0.4) is 0 Å². The van der Waals surface area contributed by atoms with E-state index in [-0.39, 0.29) is 28.2 Å². The average molecular weight is 480 g/mol. The number of pyridine rings is 1. The quantitative estimate of drug-likeness (QED) is 0.385. The summed E-state index contributed by atoms with van der Waals surface area (Å²) in [6.07, 6.45) is 1.80. The molecule has 0 saturated heterocycles. The summed E-state index contributed by atoms with van der Waals surface area (Å²) in [5, 5.41) is 12.3. The maximum absolute atomic E-state index is 14.7. The minimum Gasteiger partial charge on any atom is -0.435 e. The first-order valence-electron chi connectivity index (χ1n) is 10.7. The van der Waals surface area contributed by atoms with Crippen LogP contribution < -0.4 is 15.6 Å². The Morgan fingerprint density at radius 2 is 1.83 bits per heavy atom. The number of aromatic nitrogens is 5. The van der Waals surface area contributed by atoms with Crippen LogP contribution in [0.1, 0.15) is 6.92 Å². The molecule has 0 radical (unpaired) electrons. The van der Waals surface area contributed by atoms with Crippen LogP contribution in [0.5, 0.6) is 5.75 Å². The van der Waals surface area contributed by atoms with Crippen LogP contribution in [-0.4, -0.2) is 37.7 Å². The Bertz CT molecular complexity index is 1610. The fourth-order valence-electron chi connectivity index (χ4n) is 3.90. The van der Waals surface area contributed by atoms with Gasteiger partial charge in [-0.1, -0.05) is 12.1 Å². The molecule has 0 fully saturated rings. The third-order valence-corrected chi connectivity index (χ3v) is 5.37. The molecule has 0 unspecified atom stereocenters. The maximum atomic E-state index is 14.7. The summed E-state index contributed by atoms with van der Waals surface area (Å²) in [5.41, 5.74) is 1.54. The zero-order valence-electron chi connectivity index (χ0n) is 18.7. The zero-order chi connectivity index (χ0) is 24.7. The highest BCUT2D eigenvalue weighted by Crippen LogP contribution is 2.28. The molecule has 0 bridgehead atoms. The molecule has 0 aliphatic heterocycles. The van der Waals surface area contributed by atoms with Crippen molar-refractivity contribution in [2.75, 3.05) is 11.9 Å². The first kappa shape index (κ1) is 22.4. The van der Waals surface area contributed by atoms with Crippen LogP contribution in [0.4, 0.5) is 19.0 Å². The number of benzene rings is 2. The van der Waals surface area contributed by atoms with Gasteiger partial charge in [-0.05, 0) is 42.8 Å². The lowest BCUT2D eigenvalue weighted by Gasteiger charge is -2.13. The van der Waals surface area contributed by atoms with Gasteiger partial charge < -0.3 is 10.1 Å². The van der Waals surface area contributed by atoms with Crippen molar-refractivity contribution in [1.29, 1.82) is 0 Å². The Labute approximate surface area is 196 Å². The highest BCUT2D eigenvalue weighted by atomic mass is 19.3. The van der Waals surface area contributed by atoms with Crippen molar-refractivity contribution in [3.8, 4) is 22.6 Å². The maximum Gasteiger partial charge on any atom is 0.387 e. The number of ether oxygens (including phenoxy) is 1. The van der Waals surface area contributed by atoms with Crippen LogP contribution >= 0.6 is 0 Å². The van der Waals surface area contributed by atoms with E-state index in [2.05, 4.69) is 25.2 Å². The van der Waals surface area contributed by atoms with Crippen LogP contribution in [0.25, 0.3) is 38.8 Å². The van der Waals surface area contributed by atoms with Crippen LogP contribution in [0.2, 0.25) is 0 Å². The molecule has 5 rings (SSSR count). The fourth-order valence-corrected chi connectivity index (χ4v) is 3.90. The van der Waals surface area contributed by atoms with Gasteiger partial charge in [0.25, 0.3) is 5.56 Å². The largest absolute Gasteiger partial charge is 0.435 e. The van der Waals surface area contributed by atoms with Crippen LogP contribution in [0.15, 0.2) is 59.5 Å². The van der Waals surface area contributed by atoms with Crippen molar-refractivity contribution in [2.24, 2.45) is 7.05 Å². The lowest BCUT2D eigenvalue weighted by molar-refractivity contribution is -0.0498. The standard InChI is InChI=1S/C24H19F3N6O2/c1-3-28-22-17(25)11-19-21(29-22)20(13-4-7-16(8-5-13)35-24(26)27)23(34)33(31-19)15-6-9-18-14(10-15)12-32(2)30-18/h4-12,24H,3H2,1-2H3,(H,28,29). The summed E-state index contributed by atoms with van der Waals surface area (Å²) in [7, 11) is 1.79. The molecule has 2 aromatic carbocycles. The predicted octanol–water partition coefficient (Wildman–Crippen LogP) is 4.51. The number of nitrogens with one attached hydrogen (secondary N) is 1. The van der Waals surface area contributed by atoms with Crippen molar-refractivity contribution in [1.82, 2.24) is 24.5 Å². The van der Waals surface area contributed by atoms with Gasteiger partial charge in [-0.2, -0.15) is 23.7 Å². The monoisotopic (exact) mass is 480 g/mol. The molecule has 3 aromatic heterocycles. The molecular formula is C24H19F3N6O2. The molecule has 8 nitrogen and oxygen atoms in total. The first-order chi connectivity index (χ1) is 16.8. The molecule has 3 heterocycles. The number of anilines is 1. The fraction of sp³-hybridized carbons (Fsp3) is 0.167. The van der Waals surface area contributed by atoms with E-state index in [9.17, 15) is 18.0 Å². The molecular weight excluding hydrogens is 461 g/mol. The second-order valence-corrected chi connectivity index (χ2v) is 7.76. The Balaban J connectivity index is 1.77. The Kier molecular flexibility index (Phi) is 5.59. The Morgan fingerprint density at radius 1 is 1.06 bits per heavy atom. The molecule has 1 N–H and O–H groups in total. The van der Waals surface area contributed by atoms with Crippen LogP contribution in [0, 0.1) is 5.82 Å². The number of fused-ring (bicyclic) bond motifs is 2. The summed E-state index contributed by atoms with van der Waals surface area (Å²) in [6.45, 7) is -0.770. The van der Waals surface area contributed by atoms with Gasteiger partial charge in [-0.15, -0.1) is 0 Å². The number of nitrogens with zero attached hydrogens (tertiary/aromatic N) is 5. The number of hydrogen-bond acceptors (Lipinski definition) is 6.